The van der Waals surface area contributed by atoms with E-state index in [1.54, 1.807) is 24.3 Å². The average Bonchev–Trinajstić information content (AvgIpc) is 2.63. The van der Waals surface area contributed by atoms with E-state index in [0.29, 0.717) is 26.3 Å². The third-order valence-corrected chi connectivity index (χ3v) is 4.01. The van der Waals surface area contributed by atoms with Crippen LogP contribution in [0.25, 0.3) is 0 Å². The number of benzene rings is 2. The normalized spacial score (nSPS) is 14.2. The molecule has 2 aromatic rings. The molecule has 0 atom stereocenters. The molecule has 1 aliphatic heterocycles. The van der Waals surface area contributed by atoms with Crippen molar-refractivity contribution in [1.29, 1.82) is 0 Å². The Morgan fingerprint density at radius 2 is 1.76 bits per heavy atom. The van der Waals surface area contributed by atoms with Crippen molar-refractivity contribution >= 4 is 23.3 Å². The zero-order valence-corrected chi connectivity index (χ0v) is 13.4. The van der Waals surface area contributed by atoms with Gasteiger partial charge in [-0.15, -0.1) is 0 Å². The molecular weight excluding hydrogens is 324 g/mol. The summed E-state index contributed by atoms with van der Waals surface area (Å²) in [5, 5.41) is 21.8. The van der Waals surface area contributed by atoms with Crippen molar-refractivity contribution in [1.82, 2.24) is 0 Å². The summed E-state index contributed by atoms with van der Waals surface area (Å²) >= 11 is 0. The highest BCUT2D eigenvalue weighted by atomic mass is 16.5. The number of phenolic OH excluding ortho intramolecular Hbond substituents is 1. The topological polar surface area (TPSA) is 99.1 Å². The van der Waals surface area contributed by atoms with E-state index in [0.717, 1.165) is 5.69 Å². The zero-order valence-electron chi connectivity index (χ0n) is 13.4. The van der Waals surface area contributed by atoms with Crippen LogP contribution in [0.2, 0.25) is 0 Å². The van der Waals surface area contributed by atoms with Gasteiger partial charge in [-0.3, -0.25) is 4.79 Å². The molecule has 0 spiro atoms. The third-order valence-electron chi connectivity index (χ3n) is 4.01. The molecule has 130 valence electrons. The molecule has 1 heterocycles. The first-order chi connectivity index (χ1) is 12.1. The Bertz CT molecular complexity index is 800. The van der Waals surface area contributed by atoms with Gasteiger partial charge in [-0.2, -0.15) is 0 Å². The van der Waals surface area contributed by atoms with Crippen LogP contribution in [0.1, 0.15) is 20.7 Å². The summed E-state index contributed by atoms with van der Waals surface area (Å²) in [6, 6.07) is 10.9. The maximum Gasteiger partial charge on any atom is 0.337 e. The molecule has 3 rings (SSSR count). The molecule has 0 saturated carbocycles. The van der Waals surface area contributed by atoms with E-state index in [1.807, 2.05) is 0 Å². The maximum absolute atomic E-state index is 12.5. The van der Waals surface area contributed by atoms with Crippen molar-refractivity contribution in [2.75, 3.05) is 36.5 Å². The van der Waals surface area contributed by atoms with E-state index in [2.05, 4.69) is 10.2 Å². The van der Waals surface area contributed by atoms with Crippen LogP contribution in [0, 0.1) is 0 Å². The Morgan fingerprint density at radius 1 is 1.04 bits per heavy atom. The third kappa shape index (κ3) is 3.72. The Morgan fingerprint density at radius 3 is 2.48 bits per heavy atom. The largest absolute Gasteiger partial charge is 0.507 e. The van der Waals surface area contributed by atoms with E-state index in [1.165, 1.54) is 18.2 Å². The minimum absolute atomic E-state index is 0.0142. The molecule has 0 aromatic heterocycles. The summed E-state index contributed by atoms with van der Waals surface area (Å²) in [5.74, 6) is -1.87. The minimum atomic E-state index is -1.14. The van der Waals surface area contributed by atoms with Gasteiger partial charge in [0.25, 0.3) is 5.91 Å². The van der Waals surface area contributed by atoms with E-state index in [4.69, 9.17) is 4.74 Å². The number of hydrogen-bond acceptors (Lipinski definition) is 5. The molecule has 25 heavy (non-hydrogen) atoms. The average molecular weight is 342 g/mol. The molecule has 0 radical (unpaired) electrons. The fourth-order valence-corrected chi connectivity index (χ4v) is 2.69. The Kier molecular flexibility index (Phi) is 4.85. The van der Waals surface area contributed by atoms with Crippen LogP contribution in [0.5, 0.6) is 5.75 Å². The lowest BCUT2D eigenvalue weighted by atomic mass is 10.1. The van der Waals surface area contributed by atoms with Gasteiger partial charge in [0.15, 0.2) is 0 Å². The minimum Gasteiger partial charge on any atom is -0.507 e. The first-order valence-corrected chi connectivity index (χ1v) is 7.85. The molecule has 1 amide bonds. The van der Waals surface area contributed by atoms with E-state index >= 15 is 0 Å². The molecule has 2 aromatic carbocycles. The van der Waals surface area contributed by atoms with Crippen LogP contribution in [0.15, 0.2) is 42.5 Å². The van der Waals surface area contributed by atoms with Gasteiger partial charge < -0.3 is 25.2 Å². The van der Waals surface area contributed by atoms with Gasteiger partial charge in [-0.05, 0) is 30.3 Å². The SMILES string of the molecule is O=C(Nc1ccccc1C(=O)O)c1cc(N2CCOCC2)ccc1O. The van der Waals surface area contributed by atoms with E-state index in [-0.39, 0.29) is 22.6 Å². The fraction of sp³-hybridized carbons (Fsp3) is 0.222. The van der Waals surface area contributed by atoms with E-state index < -0.39 is 11.9 Å². The number of morpholine rings is 1. The summed E-state index contributed by atoms with van der Waals surface area (Å²) in [6.45, 7) is 2.62. The van der Waals surface area contributed by atoms with Gasteiger partial charge in [-0.25, -0.2) is 4.79 Å². The van der Waals surface area contributed by atoms with Crippen LogP contribution >= 0.6 is 0 Å². The highest BCUT2D eigenvalue weighted by molar-refractivity contribution is 6.09. The summed E-state index contributed by atoms with van der Waals surface area (Å²) < 4.78 is 5.31. The number of carboxylic acid groups (broad SMARTS) is 1. The Labute approximate surface area is 144 Å². The predicted octanol–water partition coefficient (Wildman–Crippen LogP) is 2.18. The molecule has 1 aliphatic rings. The molecule has 1 saturated heterocycles. The van der Waals surface area contributed by atoms with Crippen LogP contribution in [-0.2, 0) is 4.74 Å². The van der Waals surface area contributed by atoms with Crippen LogP contribution < -0.4 is 10.2 Å². The number of ether oxygens (including phenoxy) is 1. The molecule has 0 bridgehead atoms. The summed E-state index contributed by atoms with van der Waals surface area (Å²) in [7, 11) is 0. The monoisotopic (exact) mass is 342 g/mol. The second-order valence-corrected chi connectivity index (χ2v) is 5.61. The van der Waals surface area contributed by atoms with Gasteiger partial charge in [0.2, 0.25) is 0 Å². The second-order valence-electron chi connectivity index (χ2n) is 5.61. The molecule has 0 aliphatic carbocycles. The highest BCUT2D eigenvalue weighted by Crippen LogP contribution is 2.26. The quantitative estimate of drug-likeness (QED) is 0.788. The number of aromatic hydroxyl groups is 1. The Balaban J connectivity index is 1.86. The van der Waals surface area contributed by atoms with Crippen LogP contribution in [0.3, 0.4) is 0 Å². The fourth-order valence-electron chi connectivity index (χ4n) is 2.69. The summed E-state index contributed by atoms with van der Waals surface area (Å²) in [4.78, 5) is 25.8. The van der Waals surface area contributed by atoms with Crippen molar-refractivity contribution in [3.8, 4) is 5.75 Å². The van der Waals surface area contributed by atoms with Crippen molar-refractivity contribution < 1.29 is 24.5 Å². The number of phenols is 1. The van der Waals surface area contributed by atoms with Crippen LogP contribution in [0.4, 0.5) is 11.4 Å². The lowest BCUT2D eigenvalue weighted by molar-refractivity contribution is 0.0698. The molecule has 1 fully saturated rings. The maximum atomic E-state index is 12.5. The second kappa shape index (κ2) is 7.23. The van der Waals surface area contributed by atoms with Crippen molar-refractivity contribution in [3.63, 3.8) is 0 Å². The number of rotatable bonds is 4. The van der Waals surface area contributed by atoms with Gasteiger partial charge in [0, 0.05) is 18.8 Å². The van der Waals surface area contributed by atoms with Crippen molar-refractivity contribution in [2.45, 2.75) is 0 Å². The first-order valence-electron chi connectivity index (χ1n) is 7.85. The van der Waals surface area contributed by atoms with Gasteiger partial charge in [0.1, 0.15) is 5.75 Å². The van der Waals surface area contributed by atoms with Gasteiger partial charge in [-0.1, -0.05) is 12.1 Å². The smallest absolute Gasteiger partial charge is 0.337 e. The number of nitrogens with one attached hydrogen (secondary N) is 1. The van der Waals surface area contributed by atoms with Gasteiger partial charge >= 0.3 is 5.97 Å². The van der Waals surface area contributed by atoms with Crippen molar-refractivity contribution in [3.05, 3.63) is 53.6 Å². The zero-order chi connectivity index (χ0) is 17.8. The molecular formula is C18H18N2O5. The van der Waals surface area contributed by atoms with Crippen LogP contribution in [-0.4, -0.2) is 48.4 Å². The number of amides is 1. The number of para-hydroxylation sites is 1. The molecule has 7 heteroatoms. The predicted molar refractivity (Wildman–Crippen MR) is 92.5 cm³/mol. The number of carbonyl (C=O) groups excluding carboxylic acids is 1. The van der Waals surface area contributed by atoms with Gasteiger partial charge in [0.05, 0.1) is 30.0 Å². The van der Waals surface area contributed by atoms with E-state index in [9.17, 15) is 19.8 Å². The summed E-state index contributed by atoms with van der Waals surface area (Å²) in [5.41, 5.74) is 1.05. The Hall–Kier alpha value is -3.06. The summed E-state index contributed by atoms with van der Waals surface area (Å²) in [6.07, 6.45) is 0. The number of carboxylic acids is 1. The molecule has 7 nitrogen and oxygen atoms in total. The molecule has 0 unspecified atom stereocenters. The van der Waals surface area contributed by atoms with Crippen molar-refractivity contribution in [2.24, 2.45) is 0 Å². The highest BCUT2D eigenvalue weighted by Gasteiger charge is 2.18. The first kappa shape index (κ1) is 16.8. The number of hydrogen-bond donors (Lipinski definition) is 3. The number of carbonyl (C=O) groups is 2. The number of nitrogens with zero attached hydrogens (tertiary/aromatic N) is 1. The number of aromatic carboxylic acids is 1. The lowest BCUT2D eigenvalue weighted by Gasteiger charge is -2.29. The lowest BCUT2D eigenvalue weighted by Crippen LogP contribution is -2.36. The number of anilines is 2. The molecule has 3 N–H and O–H groups in total. The standard InChI is InChI=1S/C18H18N2O5/c21-16-6-5-12(20-7-9-25-10-8-20)11-14(16)17(22)19-15-4-2-1-3-13(15)18(23)24/h1-6,11,21H,7-10H2,(H,19,22)(H,23,24).